The molecule has 0 bridgehead atoms. The molecule has 1 fully saturated rings. The highest BCUT2D eigenvalue weighted by Gasteiger charge is 2.27. The molecule has 0 aliphatic carbocycles. The average Bonchev–Trinajstić information content (AvgIpc) is 2.71. The predicted molar refractivity (Wildman–Crippen MR) is 64.4 cm³/mol. The van der Waals surface area contributed by atoms with E-state index in [2.05, 4.69) is 17.6 Å². The van der Waals surface area contributed by atoms with E-state index in [1.54, 1.807) is 7.11 Å². The summed E-state index contributed by atoms with van der Waals surface area (Å²) in [4.78, 5) is 11.6. The standard InChI is InChI=1S/C12H24N2O2/c1-3-4-5-6-7-12(15)14-10-8-13-9-11(10)16-2/h10-11,13H,3-9H2,1-2H3,(H,14,15)/t10?,11-/m0/s1. The van der Waals surface area contributed by atoms with Gasteiger partial charge >= 0.3 is 0 Å². The first-order valence-corrected chi connectivity index (χ1v) is 6.30. The van der Waals surface area contributed by atoms with Crippen LogP contribution in [0.2, 0.25) is 0 Å². The van der Waals surface area contributed by atoms with Gasteiger partial charge < -0.3 is 15.4 Å². The Morgan fingerprint density at radius 3 is 2.88 bits per heavy atom. The molecule has 1 aliphatic heterocycles. The molecule has 1 amide bonds. The van der Waals surface area contributed by atoms with Gasteiger partial charge in [-0.15, -0.1) is 0 Å². The van der Waals surface area contributed by atoms with E-state index in [0.717, 1.165) is 25.9 Å². The van der Waals surface area contributed by atoms with Gasteiger partial charge in [0.05, 0.1) is 12.1 Å². The van der Waals surface area contributed by atoms with Crippen molar-refractivity contribution in [1.82, 2.24) is 10.6 Å². The number of methoxy groups -OCH3 is 1. The van der Waals surface area contributed by atoms with Crippen LogP contribution in [0, 0.1) is 0 Å². The fourth-order valence-corrected chi connectivity index (χ4v) is 2.04. The quantitative estimate of drug-likeness (QED) is 0.641. The SMILES string of the molecule is CCCCCCC(=O)NC1CNC[C@@H]1OC. The van der Waals surface area contributed by atoms with Crippen molar-refractivity contribution in [3.05, 3.63) is 0 Å². The average molecular weight is 228 g/mol. The number of nitrogens with one attached hydrogen (secondary N) is 2. The van der Waals surface area contributed by atoms with Gasteiger partial charge in [-0.25, -0.2) is 0 Å². The number of unbranched alkanes of at least 4 members (excludes halogenated alkanes) is 3. The molecule has 0 spiro atoms. The maximum atomic E-state index is 11.6. The lowest BCUT2D eigenvalue weighted by atomic mass is 10.1. The van der Waals surface area contributed by atoms with Crippen LogP contribution in [0.1, 0.15) is 39.0 Å². The zero-order valence-electron chi connectivity index (χ0n) is 10.4. The van der Waals surface area contributed by atoms with Gasteiger partial charge in [0.15, 0.2) is 0 Å². The van der Waals surface area contributed by atoms with Gasteiger partial charge in [-0.05, 0) is 6.42 Å². The Morgan fingerprint density at radius 2 is 2.19 bits per heavy atom. The highest BCUT2D eigenvalue weighted by Crippen LogP contribution is 2.06. The lowest BCUT2D eigenvalue weighted by molar-refractivity contribution is -0.122. The lowest BCUT2D eigenvalue weighted by Crippen LogP contribution is -2.43. The van der Waals surface area contributed by atoms with Crippen LogP contribution in [0.25, 0.3) is 0 Å². The molecule has 2 atom stereocenters. The molecule has 0 aromatic heterocycles. The van der Waals surface area contributed by atoms with Gasteiger partial charge in [0.1, 0.15) is 0 Å². The summed E-state index contributed by atoms with van der Waals surface area (Å²) in [5.74, 6) is 0.159. The number of rotatable bonds is 7. The molecule has 16 heavy (non-hydrogen) atoms. The summed E-state index contributed by atoms with van der Waals surface area (Å²) in [5.41, 5.74) is 0. The van der Waals surface area contributed by atoms with E-state index in [4.69, 9.17) is 4.74 Å². The molecule has 1 saturated heterocycles. The van der Waals surface area contributed by atoms with Crippen molar-refractivity contribution in [2.75, 3.05) is 20.2 Å². The summed E-state index contributed by atoms with van der Waals surface area (Å²) in [7, 11) is 1.69. The molecule has 2 N–H and O–H groups in total. The van der Waals surface area contributed by atoms with E-state index in [-0.39, 0.29) is 18.1 Å². The molecule has 0 saturated carbocycles. The van der Waals surface area contributed by atoms with Gasteiger partial charge in [-0.1, -0.05) is 26.2 Å². The lowest BCUT2D eigenvalue weighted by Gasteiger charge is -2.18. The Labute approximate surface area is 98.1 Å². The number of hydrogen-bond donors (Lipinski definition) is 2. The zero-order valence-corrected chi connectivity index (χ0v) is 10.4. The molecule has 1 heterocycles. The first-order valence-electron chi connectivity index (χ1n) is 6.30. The molecule has 1 rings (SSSR count). The Kier molecular flexibility index (Phi) is 6.42. The first-order chi connectivity index (χ1) is 7.77. The van der Waals surface area contributed by atoms with Gasteiger partial charge in [-0.3, -0.25) is 4.79 Å². The zero-order chi connectivity index (χ0) is 11.8. The number of ether oxygens (including phenoxy) is 1. The maximum Gasteiger partial charge on any atom is 0.220 e. The van der Waals surface area contributed by atoms with Crippen LogP contribution < -0.4 is 10.6 Å². The second-order valence-corrected chi connectivity index (χ2v) is 4.42. The maximum absolute atomic E-state index is 11.6. The largest absolute Gasteiger partial charge is 0.378 e. The summed E-state index contributed by atoms with van der Waals surface area (Å²) >= 11 is 0. The normalized spacial score (nSPS) is 24.6. The number of amides is 1. The monoisotopic (exact) mass is 228 g/mol. The Hall–Kier alpha value is -0.610. The minimum Gasteiger partial charge on any atom is -0.378 e. The number of carbonyl (C=O) groups excluding carboxylic acids is 1. The molecular weight excluding hydrogens is 204 g/mol. The Morgan fingerprint density at radius 1 is 1.38 bits per heavy atom. The van der Waals surface area contributed by atoms with E-state index in [9.17, 15) is 4.79 Å². The van der Waals surface area contributed by atoms with E-state index in [1.807, 2.05) is 0 Å². The van der Waals surface area contributed by atoms with Gasteiger partial charge in [0.2, 0.25) is 5.91 Å². The highest BCUT2D eigenvalue weighted by molar-refractivity contribution is 5.76. The smallest absolute Gasteiger partial charge is 0.220 e. The van der Waals surface area contributed by atoms with E-state index in [1.165, 1.54) is 12.8 Å². The second-order valence-electron chi connectivity index (χ2n) is 4.42. The number of hydrogen-bond acceptors (Lipinski definition) is 3. The third kappa shape index (κ3) is 4.49. The van der Waals surface area contributed by atoms with Crippen molar-refractivity contribution < 1.29 is 9.53 Å². The van der Waals surface area contributed by atoms with E-state index < -0.39 is 0 Å². The van der Waals surface area contributed by atoms with Crippen molar-refractivity contribution in [2.24, 2.45) is 0 Å². The molecule has 0 aromatic rings. The molecular formula is C12H24N2O2. The molecule has 4 heteroatoms. The van der Waals surface area contributed by atoms with Crippen LogP contribution in [0.3, 0.4) is 0 Å². The fourth-order valence-electron chi connectivity index (χ4n) is 2.04. The van der Waals surface area contributed by atoms with E-state index in [0.29, 0.717) is 6.42 Å². The minimum absolute atomic E-state index is 0.125. The minimum atomic E-state index is 0.125. The highest BCUT2D eigenvalue weighted by atomic mass is 16.5. The molecule has 0 aromatic carbocycles. The summed E-state index contributed by atoms with van der Waals surface area (Å²) in [6.45, 7) is 3.82. The fraction of sp³-hybridized carbons (Fsp3) is 0.917. The van der Waals surface area contributed by atoms with E-state index >= 15 is 0 Å². The molecule has 94 valence electrons. The molecule has 0 radical (unpaired) electrons. The van der Waals surface area contributed by atoms with Crippen molar-refractivity contribution in [3.63, 3.8) is 0 Å². The van der Waals surface area contributed by atoms with Crippen molar-refractivity contribution >= 4 is 5.91 Å². The summed E-state index contributed by atoms with van der Waals surface area (Å²) in [6, 6.07) is 0.142. The van der Waals surface area contributed by atoms with Crippen LogP contribution in [-0.4, -0.2) is 38.3 Å². The summed E-state index contributed by atoms with van der Waals surface area (Å²) < 4.78 is 5.29. The van der Waals surface area contributed by atoms with Crippen LogP contribution in [0.5, 0.6) is 0 Å². The summed E-state index contributed by atoms with van der Waals surface area (Å²) in [6.07, 6.45) is 5.35. The van der Waals surface area contributed by atoms with Crippen molar-refractivity contribution in [3.8, 4) is 0 Å². The van der Waals surface area contributed by atoms with Crippen molar-refractivity contribution in [2.45, 2.75) is 51.2 Å². The van der Waals surface area contributed by atoms with Crippen LogP contribution in [-0.2, 0) is 9.53 Å². The Balaban J connectivity index is 2.13. The van der Waals surface area contributed by atoms with Gasteiger partial charge in [-0.2, -0.15) is 0 Å². The topological polar surface area (TPSA) is 50.4 Å². The Bertz CT molecular complexity index is 209. The van der Waals surface area contributed by atoms with Gasteiger partial charge in [0.25, 0.3) is 0 Å². The summed E-state index contributed by atoms with van der Waals surface area (Å²) in [5, 5.41) is 6.25. The van der Waals surface area contributed by atoms with Crippen LogP contribution in [0.15, 0.2) is 0 Å². The van der Waals surface area contributed by atoms with Crippen molar-refractivity contribution in [1.29, 1.82) is 0 Å². The molecule has 4 nitrogen and oxygen atoms in total. The number of carbonyl (C=O) groups is 1. The predicted octanol–water partition coefficient (Wildman–Crippen LogP) is 1.06. The first kappa shape index (κ1) is 13.5. The third-order valence-corrected chi connectivity index (χ3v) is 3.07. The van der Waals surface area contributed by atoms with Crippen LogP contribution in [0.4, 0.5) is 0 Å². The van der Waals surface area contributed by atoms with Gasteiger partial charge in [0, 0.05) is 26.6 Å². The third-order valence-electron chi connectivity index (χ3n) is 3.07. The molecule has 1 aliphatic rings. The second kappa shape index (κ2) is 7.63. The molecule has 1 unspecified atom stereocenters. The van der Waals surface area contributed by atoms with Crippen LogP contribution >= 0.6 is 0 Å².